The molecule has 0 saturated heterocycles. The number of hydrogen-bond acceptors (Lipinski definition) is 10. The Morgan fingerprint density at radius 2 is 1.86 bits per heavy atom. The van der Waals surface area contributed by atoms with Gasteiger partial charge in [-0.15, -0.1) is 10.2 Å². The highest BCUT2D eigenvalue weighted by Gasteiger charge is 2.22. The van der Waals surface area contributed by atoms with E-state index in [0.717, 1.165) is 21.1 Å². The molecule has 0 amide bonds. The first-order valence-corrected chi connectivity index (χ1v) is 11.1. The van der Waals surface area contributed by atoms with Crippen LogP contribution in [0.3, 0.4) is 0 Å². The van der Waals surface area contributed by atoms with Crippen LogP contribution in [0.15, 0.2) is 53.7 Å². The molecule has 1 atom stereocenters. The molecule has 194 valence electrons. The summed E-state index contributed by atoms with van der Waals surface area (Å²) in [6.07, 6.45) is -0.339. The molecule has 1 aromatic carbocycles. The van der Waals surface area contributed by atoms with E-state index < -0.39 is 40.2 Å². The highest BCUT2D eigenvalue weighted by molar-refractivity contribution is 5.73. The topological polar surface area (TPSA) is 202 Å². The number of H-pyrrole nitrogens is 2. The van der Waals surface area contributed by atoms with Crippen molar-refractivity contribution < 1.29 is 14.9 Å². The van der Waals surface area contributed by atoms with Crippen molar-refractivity contribution in [3.8, 4) is 11.6 Å². The van der Waals surface area contributed by atoms with Gasteiger partial charge >= 0.3 is 11.4 Å². The molecule has 4 N–H and O–H groups in total. The Morgan fingerprint density at radius 3 is 2.57 bits per heavy atom. The summed E-state index contributed by atoms with van der Waals surface area (Å²) in [7, 11) is 2.70. The van der Waals surface area contributed by atoms with Crippen molar-refractivity contribution in [3.05, 3.63) is 71.5 Å². The van der Waals surface area contributed by atoms with E-state index in [1.165, 1.54) is 18.7 Å². The summed E-state index contributed by atoms with van der Waals surface area (Å²) in [5, 5.41) is 28.1. The number of nitrogens with one attached hydrogen (secondary N) is 2. The summed E-state index contributed by atoms with van der Waals surface area (Å²) >= 11 is 0. The summed E-state index contributed by atoms with van der Waals surface area (Å²) in [5.74, 6) is -0.517. The van der Waals surface area contributed by atoms with Crippen molar-refractivity contribution in [2.45, 2.75) is 26.0 Å². The minimum Gasteiger partial charge on any atom is -0.493 e. The fraction of sp³-hybridized carbons (Fsp3) is 0.318. The molecule has 0 aliphatic heterocycles. The number of aromatic nitrogens is 6. The Morgan fingerprint density at radius 1 is 1.11 bits per heavy atom. The van der Waals surface area contributed by atoms with Crippen LogP contribution in [0.4, 0.5) is 11.6 Å². The number of hydrogen-bond donors (Lipinski definition) is 4. The second-order valence-electron chi connectivity index (χ2n) is 8.17. The second kappa shape index (κ2) is 10.1. The van der Waals surface area contributed by atoms with Crippen molar-refractivity contribution in [3.63, 3.8) is 0 Å². The lowest BCUT2D eigenvalue weighted by Crippen LogP contribution is -2.38. The molecule has 0 saturated carbocycles. The van der Waals surface area contributed by atoms with Gasteiger partial charge in [0.05, 0.1) is 6.54 Å². The first-order valence-electron chi connectivity index (χ1n) is 11.1. The van der Waals surface area contributed by atoms with Gasteiger partial charge in [0.1, 0.15) is 18.5 Å². The van der Waals surface area contributed by atoms with Gasteiger partial charge in [0.25, 0.3) is 17.1 Å². The molecule has 0 aliphatic rings. The standard InChI is InChI=1S/C22H24N8O7/c1-4-11-6-5-7-13(8-11)37-10-12(31)9-30-15-16(28(2)22(36)29(3)19(15)34)23-20(30)27-26-14-17(32)24-21(35)25-18(14)33/h5-8,12,31H,4,9-10H2,1-3H3,(H3,24,25,32,33,35)/t12-/m1/s1. The van der Waals surface area contributed by atoms with Crippen molar-refractivity contribution in [1.82, 2.24) is 28.7 Å². The number of ether oxygens (including phenoxy) is 1. The van der Waals surface area contributed by atoms with E-state index in [1.807, 2.05) is 35.1 Å². The smallest absolute Gasteiger partial charge is 0.332 e. The maximum absolute atomic E-state index is 13.0. The van der Waals surface area contributed by atoms with Crippen LogP contribution in [0.1, 0.15) is 12.5 Å². The first-order chi connectivity index (χ1) is 17.6. The number of aromatic amines is 2. The zero-order valence-electron chi connectivity index (χ0n) is 20.1. The number of fused-ring (bicyclic) bond motifs is 1. The zero-order valence-corrected chi connectivity index (χ0v) is 20.1. The average Bonchev–Trinajstić information content (AvgIpc) is 3.22. The fourth-order valence-electron chi connectivity index (χ4n) is 3.65. The van der Waals surface area contributed by atoms with Crippen molar-refractivity contribution >= 4 is 22.8 Å². The molecule has 0 aliphatic carbocycles. The minimum atomic E-state index is -1.15. The van der Waals surface area contributed by atoms with Gasteiger partial charge in [-0.2, -0.15) is 4.98 Å². The van der Waals surface area contributed by atoms with Crippen LogP contribution in [0.5, 0.6) is 11.6 Å². The molecule has 3 heterocycles. The maximum atomic E-state index is 13.0. The van der Waals surface area contributed by atoms with Gasteiger partial charge in [-0.1, -0.05) is 19.1 Å². The lowest BCUT2D eigenvalue weighted by molar-refractivity contribution is 0.0937. The Hall–Kier alpha value is -4.79. The fourth-order valence-corrected chi connectivity index (χ4v) is 3.65. The number of aliphatic hydroxyl groups is 1. The molecule has 0 spiro atoms. The van der Waals surface area contributed by atoms with Crippen LogP contribution in [0, 0.1) is 0 Å². The van der Waals surface area contributed by atoms with Crippen LogP contribution in [0.25, 0.3) is 11.2 Å². The Balaban J connectivity index is 1.75. The molecule has 0 unspecified atom stereocenters. The molecule has 0 fully saturated rings. The number of nitrogens with zero attached hydrogens (tertiary/aromatic N) is 6. The van der Waals surface area contributed by atoms with E-state index in [2.05, 4.69) is 15.2 Å². The SMILES string of the molecule is CCc1cccc(OC[C@H](O)Cn2c(N=Nc3c(O)[nH]c(=O)[nH]c3=O)nc3c2c(=O)n(C)c(=O)n3C)c1. The normalized spacial score (nSPS) is 12.4. The number of aryl methyl sites for hydroxylation is 2. The largest absolute Gasteiger partial charge is 0.493 e. The van der Waals surface area contributed by atoms with Crippen molar-refractivity contribution in [2.75, 3.05) is 6.61 Å². The average molecular weight is 512 g/mol. The van der Waals surface area contributed by atoms with E-state index in [0.29, 0.717) is 5.75 Å². The molecule has 4 aromatic rings. The molecule has 15 nitrogen and oxygen atoms in total. The van der Waals surface area contributed by atoms with Gasteiger partial charge in [-0.05, 0) is 24.1 Å². The van der Waals surface area contributed by atoms with Gasteiger partial charge in [0.15, 0.2) is 11.2 Å². The van der Waals surface area contributed by atoms with Gasteiger partial charge < -0.3 is 14.9 Å². The van der Waals surface area contributed by atoms with Gasteiger partial charge in [0, 0.05) is 14.1 Å². The molecular formula is C22H24N8O7. The van der Waals surface area contributed by atoms with E-state index in [1.54, 1.807) is 6.07 Å². The minimum absolute atomic E-state index is 0.0367. The summed E-state index contributed by atoms with van der Waals surface area (Å²) in [6, 6.07) is 7.38. The quantitative estimate of drug-likeness (QED) is 0.235. The number of benzene rings is 1. The molecular weight excluding hydrogens is 488 g/mol. The number of azo groups is 1. The predicted octanol–water partition coefficient (Wildman–Crippen LogP) is -0.0664. The third-order valence-corrected chi connectivity index (χ3v) is 5.61. The molecule has 15 heteroatoms. The zero-order chi connectivity index (χ0) is 26.9. The second-order valence-corrected chi connectivity index (χ2v) is 8.17. The summed E-state index contributed by atoms with van der Waals surface area (Å²) in [5.41, 5.74) is -2.94. The van der Waals surface area contributed by atoms with E-state index in [4.69, 9.17) is 4.74 Å². The van der Waals surface area contributed by atoms with Crippen molar-refractivity contribution in [2.24, 2.45) is 24.3 Å². The van der Waals surface area contributed by atoms with Gasteiger partial charge in [-0.25, -0.2) is 9.59 Å². The summed E-state index contributed by atoms with van der Waals surface area (Å²) in [4.78, 5) is 56.7. The third-order valence-electron chi connectivity index (χ3n) is 5.61. The maximum Gasteiger partial charge on any atom is 0.332 e. The van der Waals surface area contributed by atoms with Crippen LogP contribution < -0.4 is 27.2 Å². The predicted molar refractivity (Wildman–Crippen MR) is 131 cm³/mol. The molecule has 37 heavy (non-hydrogen) atoms. The number of rotatable bonds is 8. The first kappa shape index (κ1) is 25.3. The van der Waals surface area contributed by atoms with Crippen LogP contribution in [-0.2, 0) is 27.1 Å². The molecule has 0 bridgehead atoms. The highest BCUT2D eigenvalue weighted by Crippen LogP contribution is 2.23. The monoisotopic (exact) mass is 512 g/mol. The lowest BCUT2D eigenvalue weighted by atomic mass is 10.2. The Kier molecular flexibility index (Phi) is 6.88. The number of imidazole rings is 1. The lowest BCUT2D eigenvalue weighted by Gasteiger charge is -2.15. The van der Waals surface area contributed by atoms with Gasteiger partial charge in [0.2, 0.25) is 11.6 Å². The summed E-state index contributed by atoms with van der Waals surface area (Å²) in [6.45, 7) is 1.62. The van der Waals surface area contributed by atoms with E-state index in [-0.39, 0.29) is 30.3 Å². The Labute approximate surface area is 207 Å². The third kappa shape index (κ3) is 4.97. The van der Waals surface area contributed by atoms with Crippen LogP contribution in [0.2, 0.25) is 0 Å². The van der Waals surface area contributed by atoms with E-state index >= 15 is 0 Å². The number of aromatic hydroxyl groups is 1. The Bertz CT molecular complexity index is 1740. The molecule has 4 rings (SSSR count). The van der Waals surface area contributed by atoms with Crippen LogP contribution in [-0.4, -0.2) is 51.6 Å². The highest BCUT2D eigenvalue weighted by atomic mass is 16.5. The van der Waals surface area contributed by atoms with Gasteiger partial charge in [-0.3, -0.25) is 33.3 Å². The number of aliphatic hydroxyl groups excluding tert-OH is 1. The molecule has 0 radical (unpaired) electrons. The van der Waals surface area contributed by atoms with Crippen LogP contribution >= 0.6 is 0 Å². The van der Waals surface area contributed by atoms with Crippen molar-refractivity contribution in [1.29, 1.82) is 0 Å². The summed E-state index contributed by atoms with van der Waals surface area (Å²) < 4.78 is 8.92. The molecule has 3 aromatic heterocycles. The van der Waals surface area contributed by atoms with E-state index in [9.17, 15) is 29.4 Å².